The maximum Gasteiger partial charge on any atom is 0.163 e. The number of nitrogens with zero attached hydrogens (tertiary/aromatic N) is 5. The van der Waals surface area contributed by atoms with Gasteiger partial charge in [-0.2, -0.15) is 0 Å². The molecule has 0 radical (unpaired) electrons. The van der Waals surface area contributed by atoms with Gasteiger partial charge in [-0.15, -0.1) is 5.10 Å². The molecule has 0 saturated heterocycles. The van der Waals surface area contributed by atoms with Crippen molar-refractivity contribution in [2.45, 2.75) is 52.5 Å². The molecule has 0 saturated carbocycles. The van der Waals surface area contributed by atoms with Gasteiger partial charge in [0.1, 0.15) is 11.5 Å². The SMILES string of the molecule is CCCc1c(OCCCCc2nnnn2Cc2cccnc2)ccc(C(C)=O)c1O. The lowest BCUT2D eigenvalue weighted by atomic mass is 10.0. The van der Waals surface area contributed by atoms with Gasteiger partial charge < -0.3 is 9.84 Å². The Labute approximate surface area is 175 Å². The number of pyridine rings is 1. The second-order valence-electron chi connectivity index (χ2n) is 7.16. The number of carbonyl (C=O) groups is 1. The van der Waals surface area contributed by atoms with Crippen molar-refractivity contribution in [2.24, 2.45) is 0 Å². The summed E-state index contributed by atoms with van der Waals surface area (Å²) in [6.45, 7) is 4.58. The third-order valence-electron chi connectivity index (χ3n) is 4.83. The number of hydrogen-bond acceptors (Lipinski definition) is 7. The van der Waals surface area contributed by atoms with Crippen molar-refractivity contribution in [3.05, 3.63) is 59.2 Å². The number of ketones is 1. The Hall–Kier alpha value is -3.29. The van der Waals surface area contributed by atoms with Gasteiger partial charge in [-0.25, -0.2) is 4.68 Å². The summed E-state index contributed by atoms with van der Waals surface area (Å²) in [5.74, 6) is 1.35. The summed E-state index contributed by atoms with van der Waals surface area (Å²) in [7, 11) is 0. The van der Waals surface area contributed by atoms with E-state index in [4.69, 9.17) is 4.74 Å². The zero-order valence-electron chi connectivity index (χ0n) is 17.4. The van der Waals surface area contributed by atoms with Crippen molar-refractivity contribution in [3.8, 4) is 11.5 Å². The number of phenols is 1. The monoisotopic (exact) mass is 409 g/mol. The van der Waals surface area contributed by atoms with E-state index in [-0.39, 0.29) is 11.5 Å². The minimum absolute atomic E-state index is 0.0384. The first-order chi connectivity index (χ1) is 14.6. The quantitative estimate of drug-likeness (QED) is 0.382. The number of Topliss-reactive ketones (excluding diaryl/α,β-unsaturated/α-hetero) is 1. The smallest absolute Gasteiger partial charge is 0.163 e. The summed E-state index contributed by atoms with van der Waals surface area (Å²) < 4.78 is 7.70. The molecule has 8 heteroatoms. The number of aryl methyl sites for hydroxylation is 1. The van der Waals surface area contributed by atoms with E-state index in [0.717, 1.165) is 37.1 Å². The predicted octanol–water partition coefficient (Wildman–Crippen LogP) is 3.38. The predicted molar refractivity (Wildman–Crippen MR) is 112 cm³/mol. The van der Waals surface area contributed by atoms with Crippen LogP contribution in [0.2, 0.25) is 0 Å². The van der Waals surface area contributed by atoms with E-state index in [2.05, 4.69) is 20.5 Å². The number of phenolic OH excluding ortho intramolecular Hbond substituents is 1. The summed E-state index contributed by atoms with van der Waals surface area (Å²) in [5.41, 5.74) is 2.09. The molecule has 0 unspecified atom stereocenters. The van der Waals surface area contributed by atoms with E-state index in [1.54, 1.807) is 29.2 Å². The fraction of sp³-hybridized carbons (Fsp3) is 0.409. The highest BCUT2D eigenvalue weighted by atomic mass is 16.5. The van der Waals surface area contributed by atoms with E-state index in [0.29, 0.717) is 36.4 Å². The zero-order chi connectivity index (χ0) is 21.3. The molecular weight excluding hydrogens is 382 g/mol. The van der Waals surface area contributed by atoms with E-state index in [1.807, 2.05) is 19.1 Å². The first kappa shape index (κ1) is 21.4. The lowest BCUT2D eigenvalue weighted by molar-refractivity contribution is 0.101. The molecule has 3 aromatic rings. The summed E-state index contributed by atoms with van der Waals surface area (Å²) in [4.78, 5) is 15.8. The van der Waals surface area contributed by atoms with Gasteiger partial charge in [-0.1, -0.05) is 19.4 Å². The average molecular weight is 409 g/mol. The molecular formula is C22H27N5O3. The fourth-order valence-corrected chi connectivity index (χ4v) is 3.29. The molecule has 2 aromatic heterocycles. The highest BCUT2D eigenvalue weighted by Gasteiger charge is 2.16. The minimum Gasteiger partial charge on any atom is -0.507 e. The van der Waals surface area contributed by atoms with Crippen molar-refractivity contribution in [1.82, 2.24) is 25.2 Å². The molecule has 1 N–H and O–H groups in total. The Morgan fingerprint density at radius 3 is 2.80 bits per heavy atom. The average Bonchev–Trinajstić information content (AvgIpc) is 3.17. The number of carbonyl (C=O) groups excluding carboxylic acids is 1. The summed E-state index contributed by atoms with van der Waals surface area (Å²) in [6.07, 6.45) is 7.49. The summed E-state index contributed by atoms with van der Waals surface area (Å²) >= 11 is 0. The number of aromatic hydroxyl groups is 1. The van der Waals surface area contributed by atoms with Crippen LogP contribution in [0.25, 0.3) is 0 Å². The van der Waals surface area contributed by atoms with Crippen LogP contribution in [0.15, 0.2) is 36.7 Å². The van der Waals surface area contributed by atoms with E-state index >= 15 is 0 Å². The molecule has 1 aromatic carbocycles. The van der Waals surface area contributed by atoms with Crippen LogP contribution in [0.1, 0.15) is 60.4 Å². The summed E-state index contributed by atoms with van der Waals surface area (Å²) in [6, 6.07) is 7.28. The van der Waals surface area contributed by atoms with Crippen molar-refractivity contribution in [2.75, 3.05) is 6.61 Å². The van der Waals surface area contributed by atoms with Crippen molar-refractivity contribution in [3.63, 3.8) is 0 Å². The molecule has 0 aliphatic heterocycles. The molecule has 2 heterocycles. The molecule has 0 aliphatic carbocycles. The second kappa shape index (κ2) is 10.5. The van der Waals surface area contributed by atoms with Crippen LogP contribution in [-0.2, 0) is 19.4 Å². The van der Waals surface area contributed by atoms with Gasteiger partial charge in [-0.05, 0) is 60.4 Å². The third kappa shape index (κ3) is 5.40. The lowest BCUT2D eigenvalue weighted by Gasteiger charge is -2.14. The minimum atomic E-state index is -0.152. The van der Waals surface area contributed by atoms with Crippen LogP contribution in [-0.4, -0.2) is 42.7 Å². The molecule has 30 heavy (non-hydrogen) atoms. The zero-order valence-corrected chi connectivity index (χ0v) is 17.4. The van der Waals surface area contributed by atoms with Crippen LogP contribution in [0.3, 0.4) is 0 Å². The fourth-order valence-electron chi connectivity index (χ4n) is 3.29. The number of benzene rings is 1. The van der Waals surface area contributed by atoms with E-state index < -0.39 is 0 Å². The van der Waals surface area contributed by atoms with E-state index in [1.165, 1.54) is 6.92 Å². The standard InChI is InChI=1S/C22H27N5O3/c1-3-7-19-20(11-10-18(16(2)28)22(19)29)30-13-5-4-9-21-24-25-26-27(21)15-17-8-6-12-23-14-17/h6,8,10-12,14,29H,3-5,7,9,13,15H2,1-2H3. The van der Waals surface area contributed by atoms with Crippen molar-refractivity contribution < 1.29 is 14.6 Å². The Bertz CT molecular complexity index is 972. The Morgan fingerprint density at radius 1 is 1.20 bits per heavy atom. The summed E-state index contributed by atoms with van der Waals surface area (Å²) in [5, 5.41) is 22.4. The maximum absolute atomic E-state index is 11.7. The third-order valence-corrected chi connectivity index (χ3v) is 4.83. The first-order valence-electron chi connectivity index (χ1n) is 10.2. The lowest BCUT2D eigenvalue weighted by Crippen LogP contribution is -2.08. The van der Waals surface area contributed by atoms with Gasteiger partial charge >= 0.3 is 0 Å². The van der Waals surface area contributed by atoms with Crippen LogP contribution < -0.4 is 4.74 Å². The van der Waals surface area contributed by atoms with Crippen molar-refractivity contribution in [1.29, 1.82) is 0 Å². The van der Waals surface area contributed by atoms with Gasteiger partial charge in [0, 0.05) is 24.4 Å². The normalized spacial score (nSPS) is 10.9. The molecule has 0 aliphatic rings. The second-order valence-corrected chi connectivity index (χ2v) is 7.16. The van der Waals surface area contributed by atoms with Crippen LogP contribution in [0, 0.1) is 0 Å². The Kier molecular flexibility index (Phi) is 7.48. The number of ether oxygens (including phenoxy) is 1. The number of rotatable bonds is 11. The molecule has 8 nitrogen and oxygen atoms in total. The van der Waals surface area contributed by atoms with E-state index in [9.17, 15) is 9.90 Å². The van der Waals surface area contributed by atoms with Gasteiger partial charge in [0.05, 0.1) is 18.7 Å². The number of tetrazole rings is 1. The maximum atomic E-state index is 11.7. The van der Waals surface area contributed by atoms with Crippen LogP contribution >= 0.6 is 0 Å². The molecule has 0 spiro atoms. The first-order valence-corrected chi connectivity index (χ1v) is 10.2. The highest BCUT2D eigenvalue weighted by Crippen LogP contribution is 2.33. The molecule has 0 amide bonds. The molecule has 0 bridgehead atoms. The van der Waals surface area contributed by atoms with Crippen LogP contribution in [0.4, 0.5) is 0 Å². The van der Waals surface area contributed by atoms with Gasteiger partial charge in [0.2, 0.25) is 0 Å². The topological polar surface area (TPSA) is 103 Å². The highest BCUT2D eigenvalue weighted by molar-refractivity contribution is 5.97. The van der Waals surface area contributed by atoms with Crippen LogP contribution in [0.5, 0.6) is 11.5 Å². The van der Waals surface area contributed by atoms with Gasteiger partial charge in [0.15, 0.2) is 11.6 Å². The molecule has 0 fully saturated rings. The van der Waals surface area contributed by atoms with Gasteiger partial charge in [-0.3, -0.25) is 9.78 Å². The number of aromatic nitrogens is 5. The largest absolute Gasteiger partial charge is 0.507 e. The number of hydrogen-bond donors (Lipinski definition) is 1. The van der Waals surface area contributed by atoms with Crippen molar-refractivity contribution >= 4 is 5.78 Å². The Morgan fingerprint density at radius 2 is 2.07 bits per heavy atom. The number of unbranched alkanes of at least 4 members (excludes halogenated alkanes) is 1. The molecule has 0 atom stereocenters. The van der Waals surface area contributed by atoms with Gasteiger partial charge in [0.25, 0.3) is 0 Å². The Balaban J connectivity index is 1.52. The molecule has 158 valence electrons. The molecule has 3 rings (SSSR count).